The van der Waals surface area contributed by atoms with Gasteiger partial charge < -0.3 is 65.1 Å². The van der Waals surface area contributed by atoms with Crippen molar-refractivity contribution >= 4 is 5.91 Å². The van der Waals surface area contributed by atoms with Gasteiger partial charge in [0.1, 0.15) is 48.8 Å². The monoisotopic (exact) mass is 922 g/mol. The Morgan fingerprint density at radius 2 is 1.08 bits per heavy atom. The van der Waals surface area contributed by atoms with E-state index in [0.29, 0.717) is 12.8 Å². The van der Waals surface area contributed by atoms with E-state index >= 15 is 0 Å². The zero-order valence-corrected chi connectivity index (χ0v) is 39.4. The van der Waals surface area contributed by atoms with Gasteiger partial charge in [-0.15, -0.1) is 0 Å². The standard InChI is InChI=1S/C51H87NO13/c1-3-5-7-9-11-13-15-17-18-19-20-21-22-23-25-27-29-31-33-35-43(56)52-39(40(55)34-32-30-28-26-24-16-14-12-10-8-6-4-2)38-62-50-48(61)46(59)49(42(37-54)64-50)65-51-47(60)45(58)44(57)41(36-53)63-51/h5,7,11,13,17-18,20-21,24,26,32,34,39-42,44-51,53-55,57-61H,3-4,6,8-10,12,14-16,19,22-23,25,27-31,33,35-38H2,1-2H3,(H,52,56)/b7-5-,13-11-,18-17-,21-20-,26-24+,34-32+. The fourth-order valence-corrected chi connectivity index (χ4v) is 7.59. The predicted molar refractivity (Wildman–Crippen MR) is 253 cm³/mol. The van der Waals surface area contributed by atoms with Crippen LogP contribution in [-0.2, 0) is 23.7 Å². The highest BCUT2D eigenvalue weighted by Crippen LogP contribution is 2.30. The molecule has 2 saturated heterocycles. The van der Waals surface area contributed by atoms with Gasteiger partial charge in [0.15, 0.2) is 12.6 Å². The molecule has 2 rings (SSSR count). The smallest absolute Gasteiger partial charge is 0.220 e. The van der Waals surface area contributed by atoms with Crippen molar-refractivity contribution in [1.82, 2.24) is 5.32 Å². The number of rotatable bonds is 36. The minimum atomic E-state index is -1.79. The van der Waals surface area contributed by atoms with E-state index in [4.69, 9.17) is 18.9 Å². The molecular formula is C51H87NO13. The number of ether oxygens (including phenoxy) is 4. The number of allylic oxidation sites excluding steroid dienone is 11. The summed E-state index contributed by atoms with van der Waals surface area (Å²) in [7, 11) is 0. The third kappa shape index (κ3) is 24.9. The maximum Gasteiger partial charge on any atom is 0.220 e. The maximum atomic E-state index is 13.1. The molecule has 0 aromatic carbocycles. The number of unbranched alkanes of at least 4 members (excludes halogenated alkanes) is 13. The Bertz CT molecular complexity index is 1370. The van der Waals surface area contributed by atoms with Crippen molar-refractivity contribution in [3.05, 3.63) is 72.9 Å². The zero-order valence-electron chi connectivity index (χ0n) is 39.4. The van der Waals surface area contributed by atoms with Crippen LogP contribution in [0.4, 0.5) is 0 Å². The van der Waals surface area contributed by atoms with E-state index in [1.807, 2.05) is 6.08 Å². The first-order valence-corrected chi connectivity index (χ1v) is 24.7. The Morgan fingerprint density at radius 1 is 0.569 bits per heavy atom. The van der Waals surface area contributed by atoms with Crippen molar-refractivity contribution in [2.75, 3.05) is 19.8 Å². The van der Waals surface area contributed by atoms with Gasteiger partial charge in [-0.25, -0.2) is 0 Å². The molecule has 14 heteroatoms. The van der Waals surface area contributed by atoms with Crippen molar-refractivity contribution in [2.45, 2.75) is 222 Å². The van der Waals surface area contributed by atoms with Gasteiger partial charge in [-0.05, 0) is 70.6 Å². The van der Waals surface area contributed by atoms with Gasteiger partial charge >= 0.3 is 0 Å². The van der Waals surface area contributed by atoms with Gasteiger partial charge in [-0.1, -0.05) is 145 Å². The first-order chi connectivity index (χ1) is 31.6. The van der Waals surface area contributed by atoms with Crippen LogP contribution in [0.2, 0.25) is 0 Å². The van der Waals surface area contributed by atoms with E-state index in [0.717, 1.165) is 77.0 Å². The Morgan fingerprint density at radius 3 is 1.69 bits per heavy atom. The molecule has 12 atom stereocenters. The van der Waals surface area contributed by atoms with Gasteiger partial charge in [-0.2, -0.15) is 0 Å². The van der Waals surface area contributed by atoms with Gasteiger partial charge in [0, 0.05) is 6.42 Å². The maximum absolute atomic E-state index is 13.1. The Labute approximate surface area is 389 Å². The number of aliphatic hydroxyl groups is 8. The van der Waals surface area contributed by atoms with Gasteiger partial charge in [0.05, 0.1) is 32.0 Å². The second kappa shape index (κ2) is 37.4. The number of amides is 1. The molecule has 2 heterocycles. The summed E-state index contributed by atoms with van der Waals surface area (Å²) in [5.74, 6) is -0.269. The van der Waals surface area contributed by atoms with Crippen LogP contribution < -0.4 is 5.32 Å². The van der Waals surface area contributed by atoms with Crippen LogP contribution in [0.25, 0.3) is 0 Å². The van der Waals surface area contributed by atoms with Crippen LogP contribution in [-0.4, -0.2) is 140 Å². The third-order valence-electron chi connectivity index (χ3n) is 11.6. The molecular weight excluding hydrogens is 835 g/mol. The molecule has 0 aromatic heterocycles. The summed E-state index contributed by atoms with van der Waals surface area (Å²) in [4.78, 5) is 13.1. The van der Waals surface area contributed by atoms with Crippen LogP contribution in [0.1, 0.15) is 149 Å². The van der Waals surface area contributed by atoms with E-state index in [9.17, 15) is 45.6 Å². The fourth-order valence-electron chi connectivity index (χ4n) is 7.59. The molecule has 0 aromatic rings. The zero-order chi connectivity index (χ0) is 47.5. The molecule has 0 spiro atoms. The van der Waals surface area contributed by atoms with Crippen LogP contribution in [0, 0.1) is 0 Å². The van der Waals surface area contributed by atoms with E-state index in [1.165, 1.54) is 38.5 Å². The quantitative estimate of drug-likeness (QED) is 0.0258. The molecule has 14 nitrogen and oxygen atoms in total. The summed E-state index contributed by atoms with van der Waals surface area (Å²) in [6.45, 7) is 2.60. The van der Waals surface area contributed by atoms with E-state index in [-0.39, 0.29) is 18.9 Å². The number of hydrogen-bond acceptors (Lipinski definition) is 13. The molecule has 0 bridgehead atoms. The molecule has 374 valence electrons. The molecule has 0 aliphatic carbocycles. The number of aliphatic hydroxyl groups excluding tert-OH is 8. The second-order valence-electron chi connectivity index (χ2n) is 17.2. The molecule has 0 saturated carbocycles. The fraction of sp³-hybridized carbons (Fsp3) is 0.745. The normalized spacial score (nSPS) is 27.7. The summed E-state index contributed by atoms with van der Waals surface area (Å²) in [5.41, 5.74) is 0. The average Bonchev–Trinajstić information content (AvgIpc) is 3.30. The molecule has 2 aliphatic rings. The number of hydrogen-bond donors (Lipinski definition) is 9. The summed E-state index contributed by atoms with van der Waals surface area (Å²) >= 11 is 0. The van der Waals surface area contributed by atoms with Crippen molar-refractivity contribution in [3.8, 4) is 0 Å². The van der Waals surface area contributed by atoms with E-state index in [2.05, 4.69) is 79.9 Å². The Kier molecular flexibility index (Phi) is 33.7. The highest BCUT2D eigenvalue weighted by Gasteiger charge is 2.51. The molecule has 9 N–H and O–H groups in total. The first kappa shape index (κ1) is 58.6. The lowest BCUT2D eigenvalue weighted by atomic mass is 9.97. The molecule has 0 radical (unpaired) electrons. The SMILES string of the molecule is CC/C=C\C/C=C\C/C=C\C/C=C\CCCCCCCCC(=O)NC(COC1OC(CO)C(OC2OC(CO)C(O)C(O)C2O)C(O)C1O)C(O)/C=C/CC/C=C/CCCCCCCC. The molecule has 12 unspecified atom stereocenters. The minimum Gasteiger partial charge on any atom is -0.394 e. The Balaban J connectivity index is 1.87. The van der Waals surface area contributed by atoms with Crippen LogP contribution in [0.15, 0.2) is 72.9 Å². The lowest BCUT2D eigenvalue weighted by molar-refractivity contribution is -0.359. The molecule has 2 fully saturated rings. The summed E-state index contributed by atoms with van der Waals surface area (Å²) in [6.07, 6.45) is 29.4. The Hall–Kier alpha value is -2.57. The van der Waals surface area contributed by atoms with Gasteiger partial charge in [0.25, 0.3) is 0 Å². The number of carbonyl (C=O) groups is 1. The molecule has 2 aliphatic heterocycles. The average molecular weight is 922 g/mol. The highest BCUT2D eigenvalue weighted by molar-refractivity contribution is 5.76. The lowest BCUT2D eigenvalue weighted by Crippen LogP contribution is -2.65. The first-order valence-electron chi connectivity index (χ1n) is 24.7. The van der Waals surface area contributed by atoms with Crippen molar-refractivity contribution in [1.29, 1.82) is 0 Å². The predicted octanol–water partition coefficient (Wildman–Crippen LogP) is 6.04. The van der Waals surface area contributed by atoms with E-state index < -0.39 is 86.8 Å². The number of carbonyl (C=O) groups excluding carboxylic acids is 1. The molecule has 1 amide bonds. The summed E-state index contributed by atoms with van der Waals surface area (Å²) < 4.78 is 22.6. The van der Waals surface area contributed by atoms with Crippen LogP contribution in [0.5, 0.6) is 0 Å². The van der Waals surface area contributed by atoms with Crippen LogP contribution >= 0.6 is 0 Å². The van der Waals surface area contributed by atoms with Crippen LogP contribution in [0.3, 0.4) is 0 Å². The second-order valence-corrected chi connectivity index (χ2v) is 17.2. The lowest BCUT2D eigenvalue weighted by Gasteiger charge is -2.46. The summed E-state index contributed by atoms with van der Waals surface area (Å²) in [6, 6.07) is -0.941. The molecule has 65 heavy (non-hydrogen) atoms. The van der Waals surface area contributed by atoms with Crippen molar-refractivity contribution < 1.29 is 64.6 Å². The third-order valence-corrected chi connectivity index (χ3v) is 11.6. The van der Waals surface area contributed by atoms with Crippen molar-refractivity contribution in [2.24, 2.45) is 0 Å². The van der Waals surface area contributed by atoms with Crippen molar-refractivity contribution in [3.63, 3.8) is 0 Å². The largest absolute Gasteiger partial charge is 0.394 e. The van der Waals surface area contributed by atoms with E-state index in [1.54, 1.807) is 6.08 Å². The van der Waals surface area contributed by atoms with Gasteiger partial charge in [0.2, 0.25) is 5.91 Å². The number of nitrogens with one attached hydrogen (secondary N) is 1. The highest BCUT2D eigenvalue weighted by atomic mass is 16.7. The minimum absolute atomic E-state index is 0.253. The topological polar surface area (TPSA) is 228 Å². The summed E-state index contributed by atoms with van der Waals surface area (Å²) in [5, 5.41) is 86.6. The van der Waals surface area contributed by atoms with Gasteiger partial charge in [-0.3, -0.25) is 4.79 Å².